The fourth-order valence-electron chi connectivity index (χ4n) is 1.97. The maximum atomic E-state index is 13.3. The molecule has 1 heterocycles. The van der Waals surface area contributed by atoms with Crippen LogP contribution in [0, 0.1) is 12.7 Å². The topological polar surface area (TPSA) is 41.6 Å². The van der Waals surface area contributed by atoms with Crippen molar-refractivity contribution in [3.8, 4) is 0 Å². The van der Waals surface area contributed by atoms with Gasteiger partial charge in [0.05, 0.1) is 19.8 Å². The quantitative estimate of drug-likeness (QED) is 0.887. The van der Waals surface area contributed by atoms with Gasteiger partial charge in [-0.3, -0.25) is 9.69 Å². The number of halogens is 1. The van der Waals surface area contributed by atoms with Gasteiger partial charge in [0.15, 0.2) is 0 Å². The molecule has 0 aliphatic carbocycles. The molecule has 1 aromatic carbocycles. The van der Waals surface area contributed by atoms with Crippen molar-refractivity contribution in [1.29, 1.82) is 0 Å². The standard InChI is InChI=1S/C14H19FN2O2/c1-11-2-3-12(8-13(11)15)9-16-14(18)10-17-4-6-19-7-5-17/h2-3,8H,4-7,9-10H2,1H3,(H,16,18). The highest BCUT2D eigenvalue weighted by molar-refractivity contribution is 5.78. The molecule has 1 aliphatic heterocycles. The highest BCUT2D eigenvalue weighted by Gasteiger charge is 2.13. The predicted molar refractivity (Wildman–Crippen MR) is 70.2 cm³/mol. The van der Waals surface area contributed by atoms with Crippen LogP contribution in [0.4, 0.5) is 4.39 Å². The molecule has 0 radical (unpaired) electrons. The van der Waals surface area contributed by atoms with E-state index in [1.807, 2.05) is 6.07 Å². The van der Waals surface area contributed by atoms with E-state index >= 15 is 0 Å². The average molecular weight is 266 g/mol. The second-order valence-electron chi connectivity index (χ2n) is 4.75. The van der Waals surface area contributed by atoms with Crippen LogP contribution in [0.15, 0.2) is 18.2 Å². The van der Waals surface area contributed by atoms with Crippen molar-refractivity contribution >= 4 is 5.91 Å². The van der Waals surface area contributed by atoms with Gasteiger partial charge >= 0.3 is 0 Å². The lowest BCUT2D eigenvalue weighted by atomic mass is 10.1. The predicted octanol–water partition coefficient (Wildman–Crippen LogP) is 1.08. The van der Waals surface area contributed by atoms with Gasteiger partial charge in [0.1, 0.15) is 5.82 Å². The van der Waals surface area contributed by atoms with E-state index in [2.05, 4.69) is 10.2 Å². The van der Waals surface area contributed by atoms with Crippen LogP contribution in [0.1, 0.15) is 11.1 Å². The van der Waals surface area contributed by atoms with Crippen LogP contribution in [-0.2, 0) is 16.1 Å². The largest absolute Gasteiger partial charge is 0.379 e. The fraction of sp³-hybridized carbons (Fsp3) is 0.500. The van der Waals surface area contributed by atoms with Gasteiger partial charge in [0, 0.05) is 19.6 Å². The zero-order valence-electron chi connectivity index (χ0n) is 11.1. The Bertz CT molecular complexity index is 445. The highest BCUT2D eigenvalue weighted by atomic mass is 19.1. The Balaban J connectivity index is 1.77. The first kappa shape index (κ1) is 14.0. The van der Waals surface area contributed by atoms with Gasteiger partial charge < -0.3 is 10.1 Å². The third-order valence-electron chi connectivity index (χ3n) is 3.20. The van der Waals surface area contributed by atoms with Crippen LogP contribution in [0.2, 0.25) is 0 Å². The number of carbonyl (C=O) groups excluding carboxylic acids is 1. The molecular formula is C14H19FN2O2. The molecule has 1 N–H and O–H groups in total. The molecule has 1 aromatic rings. The van der Waals surface area contributed by atoms with Gasteiger partial charge in [0.25, 0.3) is 0 Å². The number of carbonyl (C=O) groups is 1. The van der Waals surface area contributed by atoms with Crippen LogP contribution in [-0.4, -0.2) is 43.7 Å². The summed E-state index contributed by atoms with van der Waals surface area (Å²) < 4.78 is 18.6. The Kier molecular flexibility index (Phi) is 4.87. The number of rotatable bonds is 4. The Morgan fingerprint density at radius 3 is 2.84 bits per heavy atom. The van der Waals surface area contributed by atoms with Crippen LogP contribution in [0.3, 0.4) is 0 Å². The zero-order chi connectivity index (χ0) is 13.7. The summed E-state index contributed by atoms with van der Waals surface area (Å²) >= 11 is 0. The molecule has 1 amide bonds. The van der Waals surface area contributed by atoms with E-state index in [0.717, 1.165) is 18.7 Å². The molecule has 0 aromatic heterocycles. The first-order chi connectivity index (χ1) is 9.15. The summed E-state index contributed by atoms with van der Waals surface area (Å²) in [5.74, 6) is -0.275. The van der Waals surface area contributed by atoms with Crippen molar-refractivity contribution in [3.63, 3.8) is 0 Å². The normalized spacial score (nSPS) is 16.3. The van der Waals surface area contributed by atoms with Gasteiger partial charge in [-0.25, -0.2) is 4.39 Å². The molecule has 5 heteroatoms. The van der Waals surface area contributed by atoms with Crippen molar-refractivity contribution in [2.24, 2.45) is 0 Å². The van der Waals surface area contributed by atoms with E-state index in [1.54, 1.807) is 13.0 Å². The van der Waals surface area contributed by atoms with Crippen LogP contribution < -0.4 is 5.32 Å². The number of nitrogens with one attached hydrogen (secondary N) is 1. The van der Waals surface area contributed by atoms with Crippen molar-refractivity contribution < 1.29 is 13.9 Å². The minimum atomic E-state index is -0.236. The van der Waals surface area contributed by atoms with E-state index in [0.29, 0.717) is 31.9 Å². The summed E-state index contributed by atoms with van der Waals surface area (Å²) in [5.41, 5.74) is 1.39. The van der Waals surface area contributed by atoms with Crippen molar-refractivity contribution in [2.45, 2.75) is 13.5 Å². The molecule has 0 bridgehead atoms. The molecule has 0 unspecified atom stereocenters. The van der Waals surface area contributed by atoms with E-state index in [1.165, 1.54) is 6.07 Å². The van der Waals surface area contributed by atoms with Crippen LogP contribution in [0.25, 0.3) is 0 Å². The molecule has 1 saturated heterocycles. The maximum absolute atomic E-state index is 13.3. The SMILES string of the molecule is Cc1ccc(CNC(=O)CN2CCOCC2)cc1F. The molecule has 1 aliphatic rings. The van der Waals surface area contributed by atoms with Crippen LogP contribution in [0.5, 0.6) is 0 Å². The number of benzene rings is 1. The lowest BCUT2D eigenvalue weighted by molar-refractivity contribution is -0.123. The first-order valence-electron chi connectivity index (χ1n) is 6.47. The third-order valence-corrected chi connectivity index (χ3v) is 3.20. The highest BCUT2D eigenvalue weighted by Crippen LogP contribution is 2.08. The van der Waals surface area contributed by atoms with E-state index in [9.17, 15) is 9.18 Å². The van der Waals surface area contributed by atoms with Crippen LogP contribution >= 0.6 is 0 Å². The second kappa shape index (κ2) is 6.63. The van der Waals surface area contributed by atoms with Gasteiger partial charge in [-0.2, -0.15) is 0 Å². The monoisotopic (exact) mass is 266 g/mol. The van der Waals surface area contributed by atoms with Gasteiger partial charge in [-0.1, -0.05) is 12.1 Å². The minimum Gasteiger partial charge on any atom is -0.379 e. The van der Waals surface area contributed by atoms with Gasteiger partial charge in [0.2, 0.25) is 5.91 Å². The average Bonchev–Trinajstić information content (AvgIpc) is 2.41. The number of aryl methyl sites for hydroxylation is 1. The van der Waals surface area contributed by atoms with E-state index < -0.39 is 0 Å². The summed E-state index contributed by atoms with van der Waals surface area (Å²) in [6.45, 7) is 5.38. The molecule has 0 saturated carbocycles. The molecule has 0 atom stereocenters. The summed E-state index contributed by atoms with van der Waals surface area (Å²) in [7, 11) is 0. The van der Waals surface area contributed by atoms with Crippen molar-refractivity contribution in [3.05, 3.63) is 35.1 Å². The molecule has 4 nitrogen and oxygen atoms in total. The Morgan fingerprint density at radius 1 is 1.42 bits per heavy atom. The number of hydrogen-bond donors (Lipinski definition) is 1. The summed E-state index contributed by atoms with van der Waals surface area (Å²) in [6, 6.07) is 5.01. The fourth-order valence-corrected chi connectivity index (χ4v) is 1.97. The molecule has 1 fully saturated rings. The number of amides is 1. The Labute approximate surface area is 112 Å². The van der Waals surface area contributed by atoms with E-state index in [4.69, 9.17) is 4.74 Å². The van der Waals surface area contributed by atoms with Gasteiger partial charge in [-0.05, 0) is 24.1 Å². The summed E-state index contributed by atoms with van der Waals surface area (Å²) in [4.78, 5) is 13.8. The first-order valence-corrected chi connectivity index (χ1v) is 6.47. The number of hydrogen-bond acceptors (Lipinski definition) is 3. The lowest BCUT2D eigenvalue weighted by Gasteiger charge is -2.25. The second-order valence-corrected chi connectivity index (χ2v) is 4.75. The Hall–Kier alpha value is -1.46. The summed E-state index contributed by atoms with van der Waals surface area (Å²) in [6.07, 6.45) is 0. The molecule has 104 valence electrons. The van der Waals surface area contributed by atoms with E-state index in [-0.39, 0.29) is 11.7 Å². The Morgan fingerprint density at radius 2 is 2.16 bits per heavy atom. The molecule has 0 spiro atoms. The minimum absolute atomic E-state index is 0.0390. The summed E-state index contributed by atoms with van der Waals surface area (Å²) in [5, 5.41) is 2.80. The molecular weight excluding hydrogens is 247 g/mol. The third kappa shape index (κ3) is 4.29. The smallest absolute Gasteiger partial charge is 0.234 e. The molecule has 19 heavy (non-hydrogen) atoms. The number of nitrogens with zero attached hydrogens (tertiary/aromatic N) is 1. The number of ether oxygens (including phenoxy) is 1. The number of morpholine rings is 1. The van der Waals surface area contributed by atoms with Crippen molar-refractivity contribution in [2.75, 3.05) is 32.8 Å². The lowest BCUT2D eigenvalue weighted by Crippen LogP contribution is -2.43. The maximum Gasteiger partial charge on any atom is 0.234 e. The van der Waals surface area contributed by atoms with Crippen molar-refractivity contribution in [1.82, 2.24) is 10.2 Å². The molecule has 2 rings (SSSR count). The van der Waals surface area contributed by atoms with Gasteiger partial charge in [-0.15, -0.1) is 0 Å². The zero-order valence-corrected chi connectivity index (χ0v) is 11.1.